The average Bonchev–Trinajstić information content (AvgIpc) is 2.93. The quantitative estimate of drug-likeness (QED) is 0.230. The van der Waals surface area contributed by atoms with E-state index in [1.807, 2.05) is 0 Å². The maximum Gasteiger partial charge on any atom is 0.127 e. The van der Waals surface area contributed by atoms with E-state index in [2.05, 4.69) is 135 Å². The van der Waals surface area contributed by atoms with Gasteiger partial charge in [0.2, 0.25) is 0 Å². The average molecular weight is 473 g/mol. The molecule has 35 heavy (non-hydrogen) atoms. The Morgan fingerprint density at radius 3 is 1.83 bits per heavy atom. The minimum absolute atomic E-state index is 0.744. The van der Waals surface area contributed by atoms with Gasteiger partial charge in [0.05, 0.1) is 7.11 Å². The normalized spacial score (nSPS) is 11.7. The molecular weight excluding hydrogens is 443 g/mol. The van der Waals surface area contributed by atoms with E-state index < -0.39 is 7.92 Å². The van der Waals surface area contributed by atoms with Gasteiger partial charge in [-0.05, 0) is 71.4 Å². The summed E-state index contributed by atoms with van der Waals surface area (Å²) in [6.07, 6.45) is 2.19. The number of benzene rings is 5. The first-order valence-corrected chi connectivity index (χ1v) is 13.3. The van der Waals surface area contributed by atoms with Crippen molar-refractivity contribution >= 4 is 40.2 Å². The molecule has 0 aromatic heterocycles. The summed E-state index contributed by atoms with van der Waals surface area (Å²) in [5, 5.41) is 6.41. The van der Waals surface area contributed by atoms with Crippen LogP contribution in [-0.4, -0.2) is 7.11 Å². The molecule has 0 bridgehead atoms. The number of ether oxygens (including phenoxy) is 1. The topological polar surface area (TPSA) is 9.23 Å². The van der Waals surface area contributed by atoms with E-state index in [4.69, 9.17) is 4.74 Å². The molecule has 1 nitrogen and oxygen atoms in total. The third-order valence-corrected chi connectivity index (χ3v) is 9.03. The Morgan fingerprint density at radius 2 is 1.23 bits per heavy atom. The van der Waals surface area contributed by atoms with Crippen molar-refractivity contribution in [3.05, 3.63) is 127 Å². The predicted molar refractivity (Wildman–Crippen MR) is 154 cm³/mol. The summed E-state index contributed by atoms with van der Waals surface area (Å²) in [7, 11) is 1.01. The minimum atomic E-state index is -0.744. The second-order valence-corrected chi connectivity index (χ2v) is 10.7. The van der Waals surface area contributed by atoms with Crippen LogP contribution in [0.1, 0.15) is 19.4 Å². The van der Waals surface area contributed by atoms with Crippen LogP contribution >= 0.6 is 7.92 Å². The van der Waals surface area contributed by atoms with Gasteiger partial charge >= 0.3 is 0 Å². The number of hydrogen-bond donors (Lipinski definition) is 0. The van der Waals surface area contributed by atoms with Crippen molar-refractivity contribution in [2.75, 3.05) is 7.11 Å². The van der Waals surface area contributed by atoms with Gasteiger partial charge in [0, 0.05) is 5.39 Å². The van der Waals surface area contributed by atoms with E-state index in [9.17, 15) is 0 Å². The molecule has 172 valence electrons. The van der Waals surface area contributed by atoms with Crippen molar-refractivity contribution in [1.29, 1.82) is 0 Å². The Hall–Kier alpha value is -3.67. The molecule has 2 heteroatoms. The van der Waals surface area contributed by atoms with Crippen LogP contribution < -0.4 is 20.7 Å². The van der Waals surface area contributed by atoms with Crippen molar-refractivity contribution in [3.8, 4) is 16.9 Å². The number of fused-ring (bicyclic) bond motifs is 1. The van der Waals surface area contributed by atoms with Crippen LogP contribution in [0.3, 0.4) is 0 Å². The van der Waals surface area contributed by atoms with Gasteiger partial charge in [-0.3, -0.25) is 0 Å². The fourth-order valence-electron chi connectivity index (χ4n) is 4.73. The first-order chi connectivity index (χ1) is 17.2. The van der Waals surface area contributed by atoms with E-state index in [0.717, 1.165) is 11.1 Å². The lowest BCUT2D eigenvalue weighted by Crippen LogP contribution is -2.22. The van der Waals surface area contributed by atoms with Gasteiger partial charge in [-0.2, -0.15) is 0 Å². The molecule has 0 aliphatic carbocycles. The Kier molecular flexibility index (Phi) is 6.80. The highest BCUT2D eigenvalue weighted by atomic mass is 31.1. The van der Waals surface area contributed by atoms with Gasteiger partial charge in [-0.25, -0.2) is 0 Å². The molecule has 5 rings (SSSR count). The van der Waals surface area contributed by atoms with Crippen molar-refractivity contribution in [2.24, 2.45) is 0 Å². The number of hydrogen-bond acceptors (Lipinski definition) is 1. The van der Waals surface area contributed by atoms with Gasteiger partial charge in [-0.1, -0.05) is 115 Å². The van der Waals surface area contributed by atoms with Crippen LogP contribution in [0.5, 0.6) is 5.75 Å². The lowest BCUT2D eigenvalue weighted by molar-refractivity contribution is 0.419. The van der Waals surface area contributed by atoms with E-state index >= 15 is 0 Å². The van der Waals surface area contributed by atoms with Crippen molar-refractivity contribution < 1.29 is 4.74 Å². The second kappa shape index (κ2) is 10.3. The zero-order valence-electron chi connectivity index (χ0n) is 20.4. The summed E-state index contributed by atoms with van der Waals surface area (Å²) in [6, 6.07) is 41.6. The molecule has 5 aromatic carbocycles. The SMILES string of the molecule is C/C=C(\C)c1cc(OC)c2ccccc2c1-c1ccccc1P(c1ccccc1)c1ccccc1. The van der Waals surface area contributed by atoms with Crippen LogP contribution in [0.25, 0.3) is 27.5 Å². The largest absolute Gasteiger partial charge is 0.496 e. The van der Waals surface area contributed by atoms with Crippen molar-refractivity contribution in [3.63, 3.8) is 0 Å². The number of rotatable bonds is 6. The molecule has 0 unspecified atom stereocenters. The Balaban J connectivity index is 1.87. The maximum atomic E-state index is 5.85. The van der Waals surface area contributed by atoms with Gasteiger partial charge in [0.25, 0.3) is 0 Å². The minimum Gasteiger partial charge on any atom is -0.496 e. The summed E-state index contributed by atoms with van der Waals surface area (Å²) in [5.74, 6) is 0.909. The zero-order valence-corrected chi connectivity index (χ0v) is 21.3. The summed E-state index contributed by atoms with van der Waals surface area (Å²) >= 11 is 0. The highest BCUT2D eigenvalue weighted by Gasteiger charge is 2.23. The number of methoxy groups -OCH3 is 1. The molecular formula is C33H29OP. The summed E-state index contributed by atoms with van der Waals surface area (Å²) in [4.78, 5) is 0. The van der Waals surface area contributed by atoms with Gasteiger partial charge in [0.1, 0.15) is 5.75 Å². The molecule has 0 spiro atoms. The first-order valence-electron chi connectivity index (χ1n) is 12.0. The lowest BCUT2D eigenvalue weighted by Gasteiger charge is -2.25. The molecule has 0 saturated carbocycles. The molecule has 0 aliphatic heterocycles. The van der Waals surface area contributed by atoms with Crippen LogP contribution in [-0.2, 0) is 0 Å². The fourth-order valence-corrected chi connectivity index (χ4v) is 7.19. The molecule has 5 aromatic rings. The fraction of sp³-hybridized carbons (Fsp3) is 0.0909. The zero-order chi connectivity index (χ0) is 24.2. The van der Waals surface area contributed by atoms with Gasteiger partial charge in [-0.15, -0.1) is 0 Å². The van der Waals surface area contributed by atoms with E-state index in [0.29, 0.717) is 0 Å². The predicted octanol–water partition coefficient (Wildman–Crippen LogP) is 7.70. The molecule has 0 N–H and O–H groups in total. The third-order valence-electron chi connectivity index (χ3n) is 6.53. The maximum absolute atomic E-state index is 5.85. The van der Waals surface area contributed by atoms with Gasteiger partial charge in [0.15, 0.2) is 0 Å². The molecule has 0 heterocycles. The molecule has 0 saturated heterocycles. The van der Waals surface area contributed by atoms with E-state index in [1.165, 1.54) is 43.6 Å². The highest BCUT2D eigenvalue weighted by Crippen LogP contribution is 2.44. The van der Waals surface area contributed by atoms with E-state index in [1.54, 1.807) is 7.11 Å². The third kappa shape index (κ3) is 4.41. The number of allylic oxidation sites excluding steroid dienone is 2. The Morgan fingerprint density at radius 1 is 0.686 bits per heavy atom. The molecule has 0 aliphatic rings. The van der Waals surface area contributed by atoms with Crippen LogP contribution in [0.4, 0.5) is 0 Å². The molecule has 0 amide bonds. The summed E-state index contributed by atoms with van der Waals surface area (Å²) < 4.78 is 5.85. The molecule has 0 radical (unpaired) electrons. The summed E-state index contributed by atoms with van der Waals surface area (Å²) in [6.45, 7) is 4.29. The second-order valence-electron chi connectivity index (χ2n) is 8.54. The van der Waals surface area contributed by atoms with Crippen LogP contribution in [0.15, 0.2) is 121 Å². The molecule has 0 fully saturated rings. The van der Waals surface area contributed by atoms with Crippen molar-refractivity contribution in [1.82, 2.24) is 0 Å². The Labute approximate surface area is 209 Å². The highest BCUT2D eigenvalue weighted by molar-refractivity contribution is 7.80. The first kappa shape index (κ1) is 23.1. The lowest BCUT2D eigenvalue weighted by atomic mass is 9.89. The standard InChI is InChI=1S/C33H29OP/c1-4-24(2)30-23-31(34-3)27-19-11-12-20-28(27)33(30)29-21-13-14-22-32(29)35(25-15-7-5-8-16-25)26-17-9-6-10-18-26/h4-23H,1-3H3/b24-4+. The smallest absolute Gasteiger partial charge is 0.127 e. The van der Waals surface area contributed by atoms with Crippen LogP contribution in [0, 0.1) is 0 Å². The van der Waals surface area contributed by atoms with Crippen LogP contribution in [0.2, 0.25) is 0 Å². The van der Waals surface area contributed by atoms with Crippen molar-refractivity contribution in [2.45, 2.75) is 13.8 Å². The molecule has 0 atom stereocenters. The monoisotopic (exact) mass is 472 g/mol. The van der Waals surface area contributed by atoms with E-state index in [-0.39, 0.29) is 0 Å². The summed E-state index contributed by atoms with van der Waals surface area (Å²) in [5.41, 5.74) is 5.00. The Bertz CT molecular complexity index is 1450. The van der Waals surface area contributed by atoms with Gasteiger partial charge < -0.3 is 4.74 Å².